The molecule has 14 heavy (non-hydrogen) atoms. The maximum absolute atomic E-state index is 4.21. The molecule has 0 amide bonds. The number of aromatic nitrogens is 2. The third kappa shape index (κ3) is 3.35. The average molecular weight is 213 g/mol. The highest BCUT2D eigenvalue weighted by Gasteiger charge is 2.09. The monoisotopic (exact) mass is 213 g/mol. The van der Waals surface area contributed by atoms with Crippen LogP contribution in [-0.4, -0.2) is 23.8 Å². The molecule has 1 N–H and O–H groups in total. The van der Waals surface area contributed by atoms with Crippen LogP contribution >= 0.6 is 11.3 Å². The number of rotatable bonds is 6. The van der Waals surface area contributed by atoms with E-state index in [0.29, 0.717) is 5.92 Å². The second-order valence-electron chi connectivity index (χ2n) is 3.55. The van der Waals surface area contributed by atoms with Gasteiger partial charge in [-0.1, -0.05) is 13.8 Å². The summed E-state index contributed by atoms with van der Waals surface area (Å²) in [7, 11) is 1.98. The normalized spacial score (nSPS) is 13.1. The van der Waals surface area contributed by atoms with E-state index in [4.69, 9.17) is 0 Å². The maximum Gasteiger partial charge on any atom is 0.120 e. The minimum Gasteiger partial charge on any atom is -0.320 e. The summed E-state index contributed by atoms with van der Waals surface area (Å²) in [5, 5.41) is 13.9. The SMILES string of the molecule is CCC(C)c1nnc(CCCNC)s1. The molecule has 80 valence electrons. The Morgan fingerprint density at radius 1 is 1.43 bits per heavy atom. The molecule has 3 nitrogen and oxygen atoms in total. The van der Waals surface area contributed by atoms with Gasteiger partial charge in [-0.15, -0.1) is 21.5 Å². The summed E-state index contributed by atoms with van der Waals surface area (Å²) < 4.78 is 0. The molecule has 1 aromatic rings. The molecule has 0 aliphatic heterocycles. The Morgan fingerprint density at radius 2 is 2.21 bits per heavy atom. The van der Waals surface area contributed by atoms with Crippen LogP contribution in [0.5, 0.6) is 0 Å². The standard InChI is InChI=1S/C10H19N3S/c1-4-8(2)10-13-12-9(14-10)6-5-7-11-3/h8,11H,4-7H2,1-3H3. The summed E-state index contributed by atoms with van der Waals surface area (Å²) in [5.41, 5.74) is 0. The summed E-state index contributed by atoms with van der Waals surface area (Å²) in [4.78, 5) is 0. The average Bonchev–Trinajstić information content (AvgIpc) is 2.66. The van der Waals surface area contributed by atoms with E-state index in [9.17, 15) is 0 Å². The Labute approximate surface area is 89.9 Å². The highest BCUT2D eigenvalue weighted by Crippen LogP contribution is 2.22. The number of aryl methyl sites for hydroxylation is 1. The first-order chi connectivity index (χ1) is 6.77. The number of hydrogen-bond acceptors (Lipinski definition) is 4. The van der Waals surface area contributed by atoms with Crippen molar-refractivity contribution >= 4 is 11.3 Å². The molecule has 0 aliphatic carbocycles. The molecule has 4 heteroatoms. The van der Waals surface area contributed by atoms with Crippen LogP contribution in [0.1, 0.15) is 42.6 Å². The fourth-order valence-corrected chi connectivity index (χ4v) is 2.18. The lowest BCUT2D eigenvalue weighted by atomic mass is 10.1. The van der Waals surface area contributed by atoms with E-state index < -0.39 is 0 Å². The molecule has 0 spiro atoms. The predicted octanol–water partition coefficient (Wildman–Crippen LogP) is 2.20. The summed E-state index contributed by atoms with van der Waals surface area (Å²) in [5.74, 6) is 0.561. The van der Waals surface area contributed by atoms with Gasteiger partial charge in [0.05, 0.1) is 0 Å². The molecule has 0 aromatic carbocycles. The molecule has 0 saturated heterocycles. The van der Waals surface area contributed by atoms with Gasteiger partial charge in [0.2, 0.25) is 0 Å². The zero-order valence-electron chi connectivity index (χ0n) is 9.21. The quantitative estimate of drug-likeness (QED) is 0.736. The van der Waals surface area contributed by atoms with Gasteiger partial charge >= 0.3 is 0 Å². The van der Waals surface area contributed by atoms with Crippen LogP contribution in [0.15, 0.2) is 0 Å². The lowest BCUT2D eigenvalue weighted by molar-refractivity contribution is 0.703. The largest absolute Gasteiger partial charge is 0.320 e. The van der Waals surface area contributed by atoms with Crippen molar-refractivity contribution in [1.29, 1.82) is 0 Å². The van der Waals surface area contributed by atoms with Crippen LogP contribution in [0, 0.1) is 0 Å². The van der Waals surface area contributed by atoms with Crippen molar-refractivity contribution in [2.45, 2.75) is 39.0 Å². The van der Waals surface area contributed by atoms with Crippen molar-refractivity contribution < 1.29 is 0 Å². The number of nitrogens with zero attached hydrogens (tertiary/aromatic N) is 2. The molecular formula is C10H19N3S. The van der Waals surface area contributed by atoms with E-state index in [1.807, 2.05) is 7.05 Å². The van der Waals surface area contributed by atoms with Crippen molar-refractivity contribution in [1.82, 2.24) is 15.5 Å². The van der Waals surface area contributed by atoms with Gasteiger partial charge < -0.3 is 5.32 Å². The van der Waals surface area contributed by atoms with E-state index in [1.54, 1.807) is 11.3 Å². The van der Waals surface area contributed by atoms with E-state index in [2.05, 4.69) is 29.4 Å². The van der Waals surface area contributed by atoms with Gasteiger partial charge in [-0.2, -0.15) is 0 Å². The molecule has 1 unspecified atom stereocenters. The number of hydrogen-bond donors (Lipinski definition) is 1. The highest BCUT2D eigenvalue weighted by atomic mass is 32.1. The van der Waals surface area contributed by atoms with Crippen molar-refractivity contribution in [2.24, 2.45) is 0 Å². The second kappa shape index (κ2) is 6.09. The van der Waals surface area contributed by atoms with Crippen molar-refractivity contribution in [3.8, 4) is 0 Å². The van der Waals surface area contributed by atoms with Crippen LogP contribution in [0.3, 0.4) is 0 Å². The summed E-state index contributed by atoms with van der Waals surface area (Å²) in [6, 6.07) is 0. The Morgan fingerprint density at radius 3 is 2.86 bits per heavy atom. The van der Waals surface area contributed by atoms with Crippen LogP contribution in [0.4, 0.5) is 0 Å². The molecule has 0 radical (unpaired) electrons. The first kappa shape index (κ1) is 11.6. The molecule has 1 atom stereocenters. The highest BCUT2D eigenvalue weighted by molar-refractivity contribution is 7.11. The van der Waals surface area contributed by atoms with Gasteiger partial charge in [0, 0.05) is 12.3 Å². The molecule has 1 aromatic heterocycles. The fraction of sp³-hybridized carbons (Fsp3) is 0.800. The third-order valence-corrected chi connectivity index (χ3v) is 3.55. The van der Waals surface area contributed by atoms with Gasteiger partial charge in [-0.25, -0.2) is 0 Å². The molecular weight excluding hydrogens is 194 g/mol. The molecule has 0 aliphatic rings. The summed E-state index contributed by atoms with van der Waals surface area (Å²) in [6.45, 7) is 5.45. The van der Waals surface area contributed by atoms with Crippen LogP contribution in [0.2, 0.25) is 0 Å². The van der Waals surface area contributed by atoms with Gasteiger partial charge in [0.15, 0.2) is 0 Å². The maximum atomic E-state index is 4.21. The third-order valence-electron chi connectivity index (χ3n) is 2.33. The molecule has 1 rings (SSSR count). The van der Waals surface area contributed by atoms with E-state index >= 15 is 0 Å². The molecule has 0 fully saturated rings. The fourth-order valence-electron chi connectivity index (χ4n) is 1.16. The lowest BCUT2D eigenvalue weighted by Crippen LogP contribution is -2.08. The first-order valence-electron chi connectivity index (χ1n) is 5.24. The summed E-state index contributed by atoms with van der Waals surface area (Å²) in [6.07, 6.45) is 3.34. The minimum atomic E-state index is 0.561. The van der Waals surface area contributed by atoms with Gasteiger partial charge in [-0.05, 0) is 26.4 Å². The Hall–Kier alpha value is -0.480. The predicted molar refractivity (Wildman–Crippen MR) is 60.9 cm³/mol. The summed E-state index contributed by atoms with van der Waals surface area (Å²) >= 11 is 1.77. The van der Waals surface area contributed by atoms with Crippen molar-refractivity contribution in [3.05, 3.63) is 10.0 Å². The first-order valence-corrected chi connectivity index (χ1v) is 6.06. The second-order valence-corrected chi connectivity index (χ2v) is 4.64. The van der Waals surface area contributed by atoms with Gasteiger partial charge in [0.1, 0.15) is 10.0 Å². The zero-order valence-corrected chi connectivity index (χ0v) is 10.0. The Balaban J connectivity index is 2.42. The van der Waals surface area contributed by atoms with E-state index in [1.165, 1.54) is 10.0 Å². The van der Waals surface area contributed by atoms with Crippen LogP contribution in [0.25, 0.3) is 0 Å². The van der Waals surface area contributed by atoms with Gasteiger partial charge in [0.25, 0.3) is 0 Å². The van der Waals surface area contributed by atoms with E-state index in [-0.39, 0.29) is 0 Å². The lowest BCUT2D eigenvalue weighted by Gasteiger charge is -2.00. The zero-order chi connectivity index (χ0) is 10.4. The Bertz CT molecular complexity index is 260. The smallest absolute Gasteiger partial charge is 0.120 e. The van der Waals surface area contributed by atoms with Crippen LogP contribution in [-0.2, 0) is 6.42 Å². The van der Waals surface area contributed by atoms with Crippen molar-refractivity contribution in [3.63, 3.8) is 0 Å². The van der Waals surface area contributed by atoms with Crippen LogP contribution < -0.4 is 5.32 Å². The molecule has 0 bridgehead atoms. The van der Waals surface area contributed by atoms with Gasteiger partial charge in [-0.3, -0.25) is 0 Å². The van der Waals surface area contributed by atoms with E-state index in [0.717, 1.165) is 25.8 Å². The number of nitrogens with one attached hydrogen (secondary N) is 1. The van der Waals surface area contributed by atoms with Crippen molar-refractivity contribution in [2.75, 3.05) is 13.6 Å². The topological polar surface area (TPSA) is 37.8 Å². The Kier molecular flexibility index (Phi) is 5.04. The minimum absolute atomic E-state index is 0.561. The molecule has 1 heterocycles. The molecule has 0 saturated carbocycles.